The summed E-state index contributed by atoms with van der Waals surface area (Å²) in [5, 5.41) is -12.2. The zero-order chi connectivity index (χ0) is 30.2. The average molecular weight is 630 g/mol. The van der Waals surface area contributed by atoms with Crippen LogP contribution in [0.3, 0.4) is 0 Å². The lowest BCUT2D eigenvalue weighted by atomic mass is 10.1. The Balaban J connectivity index is 3.22. The molecule has 0 heterocycles. The van der Waals surface area contributed by atoms with E-state index in [1.807, 2.05) is 0 Å². The third kappa shape index (κ3) is 6.51. The first-order valence-electron chi connectivity index (χ1n) is 9.18. The highest BCUT2D eigenvalue weighted by Crippen LogP contribution is 2.51. The topological polar surface area (TPSA) is 153 Å². The normalized spacial score (nSPS) is 14.2. The Morgan fingerprint density at radius 3 is 1.74 bits per heavy atom. The maximum absolute atomic E-state index is 14.1. The van der Waals surface area contributed by atoms with E-state index in [0.717, 1.165) is 12.1 Å². The van der Waals surface area contributed by atoms with Gasteiger partial charge < -0.3 is 9.50 Å². The number of hydrogen-bond donors (Lipinski definition) is 2. The van der Waals surface area contributed by atoms with E-state index >= 15 is 0 Å². The van der Waals surface area contributed by atoms with Crippen molar-refractivity contribution in [2.24, 2.45) is 0 Å². The van der Waals surface area contributed by atoms with Crippen molar-refractivity contribution in [3.63, 3.8) is 0 Å². The molecule has 10 nitrogen and oxygen atoms in total. The molecule has 2 N–H and O–H groups in total. The number of hydrogen-bond acceptors (Lipinski definition) is 8. The van der Waals surface area contributed by atoms with Crippen molar-refractivity contribution in [2.45, 2.75) is 35.3 Å². The highest BCUT2D eigenvalue weighted by atomic mass is 32.3. The number of rotatable bonds is 12. The molecular weight excluding hydrogens is 615 g/mol. The van der Waals surface area contributed by atoms with Crippen LogP contribution >= 0.6 is 0 Å². The summed E-state index contributed by atoms with van der Waals surface area (Å²) in [5.41, 5.74) is -6.23. The quantitative estimate of drug-likeness (QED) is 0.203. The minimum atomic E-state index is -7.88. The molecule has 1 aromatic carbocycles. The van der Waals surface area contributed by atoms with Gasteiger partial charge in [-0.1, -0.05) is 22.8 Å². The molecule has 0 fully saturated rings. The molecule has 22 heteroatoms. The smallest absolute Gasteiger partial charge is 0.378 e. The molecule has 1 rings (SSSR count). The summed E-state index contributed by atoms with van der Waals surface area (Å²) in [5.74, 6) is -9.30. The molecule has 0 saturated heterocycles. The van der Waals surface area contributed by atoms with Gasteiger partial charge in [-0.25, -0.2) is 16.8 Å². The van der Waals surface area contributed by atoms with Crippen molar-refractivity contribution >= 4 is 36.1 Å². The van der Waals surface area contributed by atoms with E-state index in [9.17, 15) is 69.6 Å². The van der Waals surface area contributed by atoms with Crippen LogP contribution < -0.4 is 13.6 Å². The van der Waals surface area contributed by atoms with E-state index in [2.05, 4.69) is 16.1 Å². The van der Waals surface area contributed by atoms with Crippen molar-refractivity contribution in [1.82, 2.24) is 9.44 Å². The van der Waals surface area contributed by atoms with Crippen LogP contribution in [0.5, 0.6) is 5.75 Å². The van der Waals surface area contributed by atoms with E-state index < -0.39 is 67.9 Å². The summed E-state index contributed by atoms with van der Waals surface area (Å²) in [6.45, 7) is 4.75. The van der Waals surface area contributed by atoms with Crippen molar-refractivity contribution < 1.29 is 73.7 Å². The number of nitrogens with one attached hydrogen (secondary N) is 2. The Labute approximate surface area is 209 Å². The number of alkyl halides is 9. The van der Waals surface area contributed by atoms with Crippen LogP contribution in [-0.4, -0.2) is 59.6 Å². The fourth-order valence-corrected chi connectivity index (χ4v) is 5.49. The van der Waals surface area contributed by atoms with Gasteiger partial charge in [-0.2, -0.15) is 47.9 Å². The Bertz CT molecular complexity index is 1390. The van der Waals surface area contributed by atoms with Gasteiger partial charge in [0.25, 0.3) is 10.0 Å². The predicted molar refractivity (Wildman–Crippen MR) is 109 cm³/mol. The number of carbonyl (C=O) groups excluding carboxylic acids is 1. The van der Waals surface area contributed by atoms with E-state index in [1.165, 1.54) is 6.92 Å². The zero-order valence-electron chi connectivity index (χ0n) is 18.3. The van der Waals surface area contributed by atoms with Crippen molar-refractivity contribution in [1.29, 1.82) is 0 Å². The van der Waals surface area contributed by atoms with Crippen LogP contribution in [0.15, 0.2) is 36.4 Å². The van der Waals surface area contributed by atoms with Gasteiger partial charge in [0.1, 0.15) is 5.75 Å². The van der Waals surface area contributed by atoms with Gasteiger partial charge in [-0.15, -0.1) is 0 Å². The van der Waals surface area contributed by atoms with E-state index in [-0.39, 0.29) is 24.1 Å². The lowest BCUT2D eigenvalue weighted by Crippen LogP contribution is -2.64. The summed E-state index contributed by atoms with van der Waals surface area (Å²) in [6.07, 6.45) is 0.0538. The molecule has 1 aromatic rings. The number of carbonyl (C=O) groups is 1. The summed E-state index contributed by atoms with van der Waals surface area (Å²) in [4.78, 5) is 11.4. The monoisotopic (exact) mass is 630 g/mol. The van der Waals surface area contributed by atoms with Crippen molar-refractivity contribution in [3.8, 4) is 5.75 Å². The van der Waals surface area contributed by atoms with Crippen LogP contribution in [0.25, 0.3) is 0 Å². The number of halogens is 9. The van der Waals surface area contributed by atoms with Gasteiger partial charge in [0.2, 0.25) is 5.91 Å². The van der Waals surface area contributed by atoms with Gasteiger partial charge in [0, 0.05) is 12.1 Å². The summed E-state index contributed by atoms with van der Waals surface area (Å²) >= 11 is 0. The van der Waals surface area contributed by atoms with E-state index in [1.54, 1.807) is 0 Å². The van der Waals surface area contributed by atoms with Crippen molar-refractivity contribution in [2.75, 3.05) is 6.54 Å². The third-order valence-corrected chi connectivity index (χ3v) is 8.72. The average Bonchev–Trinajstić information content (AvgIpc) is 2.72. The van der Waals surface area contributed by atoms with Crippen LogP contribution in [-0.2, 0) is 41.4 Å². The Kier molecular flexibility index (Phi) is 9.26. The maximum atomic E-state index is 14.1. The molecule has 0 unspecified atom stereocenters. The molecule has 0 radical (unpaired) electrons. The largest absolute Gasteiger partial charge is 0.512 e. The summed E-state index contributed by atoms with van der Waals surface area (Å²) < 4.78 is 191. The molecular formula is C16H15F9N2O8S3. The fourth-order valence-electron chi connectivity index (χ4n) is 2.10. The molecule has 0 aliphatic heterocycles. The Morgan fingerprint density at radius 1 is 0.842 bits per heavy atom. The van der Waals surface area contributed by atoms with Gasteiger partial charge in [-0.3, -0.25) is 4.79 Å². The lowest BCUT2D eigenvalue weighted by molar-refractivity contribution is -0.245. The SMILES string of the molecule is C=C(C)C(=O)NCCc1ccc(OS(=O)(=O)C(F)(F)C(F)(F)C(F)(F)S(=O)(=O)NS(=O)(=O)C(F)(F)F)cc1. The third-order valence-electron chi connectivity index (χ3n) is 4.12. The van der Waals surface area contributed by atoms with Crippen LogP contribution in [0.1, 0.15) is 12.5 Å². The molecule has 218 valence electrons. The molecule has 0 atom stereocenters. The van der Waals surface area contributed by atoms with Gasteiger partial charge in [0.15, 0.2) is 0 Å². The molecule has 0 bridgehead atoms. The van der Waals surface area contributed by atoms with Crippen molar-refractivity contribution in [3.05, 3.63) is 42.0 Å². The standard InChI is InChI=1S/C16H15F9N2O8S3/c1-9(2)12(28)26-8-7-10-3-5-11(6-4-10)35-38(33,34)15(21,22)13(17,18)14(19,20)36(29,30)27-37(31,32)16(23,24)25/h3-6,27H,1,7-8H2,2H3,(H,26,28). The van der Waals surface area contributed by atoms with Crippen LogP contribution in [0.4, 0.5) is 39.5 Å². The lowest BCUT2D eigenvalue weighted by Gasteiger charge is -2.31. The Morgan fingerprint density at radius 2 is 1.32 bits per heavy atom. The summed E-state index contributed by atoms with van der Waals surface area (Å²) in [7, 11) is -22.5. The fraction of sp³-hybridized carbons (Fsp3) is 0.438. The highest BCUT2D eigenvalue weighted by Gasteiger charge is 2.83. The first-order valence-corrected chi connectivity index (χ1v) is 13.6. The van der Waals surface area contributed by atoms with Gasteiger partial charge in [0.05, 0.1) is 0 Å². The minimum absolute atomic E-state index is 0.00383. The molecule has 0 saturated carbocycles. The minimum Gasteiger partial charge on any atom is -0.378 e. The first-order chi connectivity index (χ1) is 16.7. The number of amides is 1. The predicted octanol–water partition coefficient (Wildman–Crippen LogP) is 2.22. The van der Waals surface area contributed by atoms with Crippen LogP contribution in [0.2, 0.25) is 0 Å². The highest BCUT2D eigenvalue weighted by molar-refractivity contribution is 8.05. The number of sulfonamides is 2. The first kappa shape index (κ1) is 33.4. The van der Waals surface area contributed by atoms with Gasteiger partial charge >= 0.3 is 42.1 Å². The number of benzene rings is 1. The van der Waals surface area contributed by atoms with E-state index in [0.29, 0.717) is 12.1 Å². The second-order valence-electron chi connectivity index (χ2n) is 7.11. The molecule has 0 aliphatic rings. The zero-order valence-corrected chi connectivity index (χ0v) is 20.8. The summed E-state index contributed by atoms with van der Waals surface area (Å²) in [6, 6.07) is 3.10. The van der Waals surface area contributed by atoms with Crippen LogP contribution in [0, 0.1) is 0 Å². The molecule has 0 aromatic heterocycles. The second kappa shape index (κ2) is 10.5. The molecule has 0 aliphatic carbocycles. The second-order valence-corrected chi connectivity index (χ2v) is 12.4. The van der Waals surface area contributed by atoms with E-state index in [4.69, 9.17) is 0 Å². The molecule has 0 spiro atoms. The molecule has 38 heavy (non-hydrogen) atoms. The maximum Gasteiger partial charge on any atom is 0.512 e. The Hall–Kier alpha value is -2.59. The molecule has 1 amide bonds. The van der Waals surface area contributed by atoms with Gasteiger partial charge in [-0.05, 0) is 31.0 Å².